The van der Waals surface area contributed by atoms with Crippen molar-refractivity contribution in [2.24, 2.45) is 5.10 Å². The second-order valence-electron chi connectivity index (χ2n) is 5.50. The summed E-state index contributed by atoms with van der Waals surface area (Å²) in [6.07, 6.45) is 1.26. The molecule has 10 heteroatoms. The fourth-order valence-corrected chi connectivity index (χ4v) is 2.28. The summed E-state index contributed by atoms with van der Waals surface area (Å²) in [5.41, 5.74) is 3.47. The largest absolute Gasteiger partial charge is 0.493 e. The number of methoxy groups -OCH3 is 2. The van der Waals surface area contributed by atoms with Gasteiger partial charge in [-0.05, 0) is 19.1 Å². The van der Waals surface area contributed by atoms with Gasteiger partial charge in [0.15, 0.2) is 11.5 Å². The molecule has 0 atom stereocenters. The minimum absolute atomic E-state index is 0.111. The Hall–Kier alpha value is -3.56. The molecule has 27 heavy (non-hydrogen) atoms. The van der Waals surface area contributed by atoms with E-state index in [1.165, 1.54) is 27.4 Å². The average Bonchev–Trinajstić information content (AvgIpc) is 2.94. The zero-order valence-electron chi connectivity index (χ0n) is 15.3. The maximum Gasteiger partial charge on any atom is 0.308 e. The Labute approximate surface area is 154 Å². The predicted octanol–water partition coefficient (Wildman–Crippen LogP) is 0.647. The first-order chi connectivity index (χ1) is 12.8. The number of nitrogens with zero attached hydrogens (tertiary/aromatic N) is 1. The Morgan fingerprint density at radius 2 is 1.81 bits per heavy atom. The number of carbonyl (C=O) groups is 2. The number of aromatic amines is 2. The van der Waals surface area contributed by atoms with Crippen LogP contribution in [0.3, 0.4) is 0 Å². The summed E-state index contributed by atoms with van der Waals surface area (Å²) in [5.74, 6) is -0.278. The van der Waals surface area contributed by atoms with Crippen LogP contribution in [0.5, 0.6) is 17.2 Å². The lowest BCUT2D eigenvalue weighted by Crippen LogP contribution is -2.23. The smallest absolute Gasteiger partial charge is 0.308 e. The van der Waals surface area contributed by atoms with E-state index in [2.05, 4.69) is 20.7 Å². The number of rotatable bonds is 7. The highest BCUT2D eigenvalue weighted by atomic mass is 16.6. The second-order valence-corrected chi connectivity index (χ2v) is 5.50. The summed E-state index contributed by atoms with van der Waals surface area (Å²) in [6.45, 7) is 2.95. The van der Waals surface area contributed by atoms with Gasteiger partial charge in [-0.25, -0.2) is 5.43 Å². The number of esters is 1. The molecule has 0 fully saturated rings. The van der Waals surface area contributed by atoms with Crippen molar-refractivity contribution in [1.29, 1.82) is 0 Å². The summed E-state index contributed by atoms with van der Waals surface area (Å²) in [4.78, 5) is 34.7. The van der Waals surface area contributed by atoms with Crippen molar-refractivity contribution in [2.45, 2.75) is 20.3 Å². The zero-order valence-corrected chi connectivity index (χ0v) is 15.3. The van der Waals surface area contributed by atoms with Crippen molar-refractivity contribution in [3.05, 3.63) is 39.3 Å². The number of hydrogen-bond donors (Lipinski definition) is 3. The lowest BCUT2D eigenvalue weighted by atomic mass is 10.2. The minimum Gasteiger partial charge on any atom is -0.493 e. The molecule has 1 amide bonds. The number of hydrogen-bond acceptors (Lipinski definition) is 7. The van der Waals surface area contributed by atoms with E-state index in [0.29, 0.717) is 16.8 Å². The Morgan fingerprint density at radius 1 is 1.19 bits per heavy atom. The molecule has 0 radical (unpaired) electrons. The molecule has 0 saturated carbocycles. The van der Waals surface area contributed by atoms with Crippen molar-refractivity contribution in [2.75, 3.05) is 14.2 Å². The molecule has 2 aromatic rings. The van der Waals surface area contributed by atoms with E-state index < -0.39 is 11.9 Å². The lowest BCUT2D eigenvalue weighted by molar-refractivity contribution is -0.132. The topological polar surface area (TPSA) is 135 Å². The second kappa shape index (κ2) is 8.70. The maximum absolute atomic E-state index is 11.9. The van der Waals surface area contributed by atoms with E-state index in [0.717, 1.165) is 0 Å². The van der Waals surface area contributed by atoms with Gasteiger partial charge in [0, 0.05) is 23.7 Å². The van der Waals surface area contributed by atoms with Gasteiger partial charge in [-0.1, -0.05) is 0 Å². The fraction of sp³-hybridized carbons (Fsp3) is 0.294. The molecule has 1 aromatic heterocycles. The van der Waals surface area contributed by atoms with Gasteiger partial charge in [0.2, 0.25) is 11.7 Å². The number of H-pyrrole nitrogens is 2. The molecule has 0 aliphatic carbocycles. The quantitative estimate of drug-likeness (QED) is 0.281. The van der Waals surface area contributed by atoms with Gasteiger partial charge < -0.3 is 19.3 Å². The van der Waals surface area contributed by atoms with Crippen molar-refractivity contribution >= 4 is 18.1 Å². The first-order valence-corrected chi connectivity index (χ1v) is 7.88. The van der Waals surface area contributed by atoms with Gasteiger partial charge in [-0.3, -0.25) is 19.5 Å². The highest BCUT2D eigenvalue weighted by Gasteiger charge is 2.16. The Bertz CT molecular complexity index is 903. The van der Waals surface area contributed by atoms with Crippen LogP contribution in [0.4, 0.5) is 0 Å². The monoisotopic (exact) mass is 376 g/mol. The molecule has 0 spiro atoms. The minimum atomic E-state index is -0.518. The summed E-state index contributed by atoms with van der Waals surface area (Å²) >= 11 is 0. The van der Waals surface area contributed by atoms with Crippen LogP contribution in [0.2, 0.25) is 0 Å². The summed E-state index contributed by atoms with van der Waals surface area (Å²) in [6, 6.07) is 3.13. The van der Waals surface area contributed by atoms with Crippen molar-refractivity contribution in [1.82, 2.24) is 15.6 Å². The van der Waals surface area contributed by atoms with Gasteiger partial charge in [0.25, 0.3) is 5.56 Å². The number of nitrogens with one attached hydrogen (secondary N) is 3. The molecule has 0 unspecified atom stereocenters. The van der Waals surface area contributed by atoms with Crippen LogP contribution in [0.25, 0.3) is 0 Å². The Kier molecular flexibility index (Phi) is 6.36. The van der Waals surface area contributed by atoms with E-state index in [1.807, 2.05) is 0 Å². The van der Waals surface area contributed by atoms with Gasteiger partial charge in [-0.2, -0.15) is 5.10 Å². The van der Waals surface area contributed by atoms with Gasteiger partial charge in [0.1, 0.15) is 0 Å². The molecule has 3 N–H and O–H groups in total. The van der Waals surface area contributed by atoms with E-state index >= 15 is 0 Å². The van der Waals surface area contributed by atoms with E-state index in [1.54, 1.807) is 19.1 Å². The van der Waals surface area contributed by atoms with Crippen LogP contribution in [0.1, 0.15) is 23.7 Å². The van der Waals surface area contributed by atoms with Crippen LogP contribution in [0.15, 0.2) is 22.0 Å². The number of carbonyl (C=O) groups excluding carboxylic acids is 2. The molecule has 2 rings (SSSR count). The van der Waals surface area contributed by atoms with Crippen LogP contribution in [-0.2, 0) is 16.0 Å². The third-order valence-electron chi connectivity index (χ3n) is 3.56. The van der Waals surface area contributed by atoms with Gasteiger partial charge >= 0.3 is 5.97 Å². The number of hydrazone groups is 1. The summed E-state index contributed by atoms with van der Waals surface area (Å²) in [5, 5.41) is 8.91. The first-order valence-electron chi connectivity index (χ1n) is 7.88. The third kappa shape index (κ3) is 4.97. The van der Waals surface area contributed by atoms with E-state index in [-0.39, 0.29) is 29.2 Å². The molecule has 144 valence electrons. The molecule has 0 saturated heterocycles. The first kappa shape index (κ1) is 19.8. The number of benzene rings is 1. The number of amides is 1. The molecular formula is C17H20N4O6. The number of aromatic nitrogens is 2. The third-order valence-corrected chi connectivity index (χ3v) is 3.56. The van der Waals surface area contributed by atoms with Crippen molar-refractivity contribution < 1.29 is 23.8 Å². The molecule has 1 heterocycles. The van der Waals surface area contributed by atoms with Crippen LogP contribution >= 0.6 is 0 Å². The zero-order chi connectivity index (χ0) is 20.0. The van der Waals surface area contributed by atoms with Gasteiger partial charge in [0.05, 0.1) is 26.9 Å². The molecule has 0 bridgehead atoms. The molecule has 0 aliphatic heterocycles. The van der Waals surface area contributed by atoms with Gasteiger partial charge in [-0.15, -0.1) is 0 Å². The molecule has 10 nitrogen and oxygen atoms in total. The highest BCUT2D eigenvalue weighted by Crippen LogP contribution is 2.38. The van der Waals surface area contributed by atoms with Crippen LogP contribution in [0, 0.1) is 6.92 Å². The molecular weight excluding hydrogens is 356 g/mol. The number of ether oxygens (including phenoxy) is 3. The lowest BCUT2D eigenvalue weighted by Gasteiger charge is -2.13. The van der Waals surface area contributed by atoms with Crippen molar-refractivity contribution in [3.63, 3.8) is 0 Å². The Morgan fingerprint density at radius 3 is 2.30 bits per heavy atom. The summed E-state index contributed by atoms with van der Waals surface area (Å²) < 4.78 is 15.5. The number of aryl methyl sites for hydroxylation is 1. The maximum atomic E-state index is 11.9. The van der Waals surface area contributed by atoms with E-state index in [4.69, 9.17) is 14.2 Å². The highest BCUT2D eigenvalue weighted by molar-refractivity contribution is 5.85. The van der Waals surface area contributed by atoms with E-state index in [9.17, 15) is 14.4 Å². The standard InChI is InChI=1S/C17H20N4O6/c1-9-12(17(24)21-19-9)7-15(23)20-18-8-11-5-13(25-3)16(27-10(2)22)14(6-11)26-4/h5-6,8H,7H2,1-4H3,(H,20,23)(H2,19,21,24)/b18-8+. The SMILES string of the molecule is COc1cc(/C=N/NC(=O)Cc2c(C)[nH][nH]c2=O)cc(OC)c1OC(C)=O. The molecule has 1 aromatic carbocycles. The van der Waals surface area contributed by atoms with Crippen LogP contribution in [-0.4, -0.2) is 42.5 Å². The fourth-order valence-electron chi connectivity index (χ4n) is 2.28. The Balaban J connectivity index is 2.13. The normalized spacial score (nSPS) is 10.7. The predicted molar refractivity (Wildman–Crippen MR) is 96.4 cm³/mol. The summed E-state index contributed by atoms with van der Waals surface area (Å²) in [7, 11) is 2.84. The van der Waals surface area contributed by atoms with Crippen molar-refractivity contribution in [3.8, 4) is 17.2 Å². The molecule has 0 aliphatic rings. The average molecular weight is 376 g/mol. The van der Waals surface area contributed by atoms with Crippen LogP contribution < -0.4 is 25.2 Å².